The van der Waals surface area contributed by atoms with Crippen LogP contribution in [-0.2, 0) is 6.42 Å². The fourth-order valence-electron chi connectivity index (χ4n) is 2.89. The molecule has 0 atom stereocenters. The first-order valence-corrected chi connectivity index (χ1v) is 9.25. The standard InChI is InChI=1S/C19H35N3/c1-2-3-4-5-6-7-8-9-10-11-12-13-14-17-15-16-18(20)22-19(17)21/h15-16H,2-14H2,1H3,(H4,20,21,22). The first-order chi connectivity index (χ1) is 10.7. The lowest BCUT2D eigenvalue weighted by Crippen LogP contribution is -2.00. The van der Waals surface area contributed by atoms with E-state index in [2.05, 4.69) is 11.9 Å². The second-order valence-corrected chi connectivity index (χ2v) is 6.42. The van der Waals surface area contributed by atoms with Crippen molar-refractivity contribution in [2.24, 2.45) is 0 Å². The molecule has 0 saturated heterocycles. The minimum absolute atomic E-state index is 0.510. The summed E-state index contributed by atoms with van der Waals surface area (Å²) in [6.07, 6.45) is 17.5. The van der Waals surface area contributed by atoms with Crippen molar-refractivity contribution in [3.05, 3.63) is 17.7 Å². The number of aryl methyl sites for hydroxylation is 1. The van der Waals surface area contributed by atoms with Crippen molar-refractivity contribution < 1.29 is 0 Å². The number of nitrogens with zero attached hydrogens (tertiary/aromatic N) is 1. The van der Waals surface area contributed by atoms with Crippen molar-refractivity contribution in [3.8, 4) is 0 Å². The van der Waals surface area contributed by atoms with Crippen LogP contribution in [0.15, 0.2) is 12.1 Å². The molecule has 0 fully saturated rings. The van der Waals surface area contributed by atoms with Gasteiger partial charge in [-0.1, -0.05) is 83.6 Å². The molecule has 0 aliphatic carbocycles. The summed E-state index contributed by atoms with van der Waals surface area (Å²) in [6, 6.07) is 3.85. The van der Waals surface area contributed by atoms with E-state index in [1.165, 1.54) is 77.0 Å². The van der Waals surface area contributed by atoms with Crippen LogP contribution in [-0.4, -0.2) is 4.98 Å². The molecule has 0 saturated carbocycles. The van der Waals surface area contributed by atoms with Crippen molar-refractivity contribution in [2.45, 2.75) is 90.4 Å². The highest BCUT2D eigenvalue weighted by atomic mass is 14.9. The summed E-state index contributed by atoms with van der Waals surface area (Å²) >= 11 is 0. The Morgan fingerprint density at radius 3 is 1.73 bits per heavy atom. The van der Waals surface area contributed by atoms with E-state index in [0.717, 1.165) is 12.0 Å². The molecule has 0 amide bonds. The lowest BCUT2D eigenvalue weighted by Gasteiger charge is -2.06. The first-order valence-electron chi connectivity index (χ1n) is 9.25. The van der Waals surface area contributed by atoms with Gasteiger partial charge >= 0.3 is 0 Å². The predicted molar refractivity (Wildman–Crippen MR) is 97.8 cm³/mol. The molecular weight excluding hydrogens is 270 g/mol. The number of nitrogens with two attached hydrogens (primary N) is 2. The molecule has 126 valence electrons. The minimum atomic E-state index is 0.510. The van der Waals surface area contributed by atoms with E-state index in [1.807, 2.05) is 12.1 Å². The van der Waals surface area contributed by atoms with Gasteiger partial charge in [0.2, 0.25) is 0 Å². The molecule has 1 aromatic heterocycles. The van der Waals surface area contributed by atoms with Crippen LogP contribution in [0.5, 0.6) is 0 Å². The van der Waals surface area contributed by atoms with Gasteiger partial charge in [0.05, 0.1) is 0 Å². The minimum Gasteiger partial charge on any atom is -0.384 e. The molecule has 1 rings (SSSR count). The Balaban J connectivity index is 1.89. The Hall–Kier alpha value is -1.25. The average Bonchev–Trinajstić information content (AvgIpc) is 2.50. The summed E-state index contributed by atoms with van der Waals surface area (Å²) < 4.78 is 0. The summed E-state index contributed by atoms with van der Waals surface area (Å²) in [6.45, 7) is 2.28. The van der Waals surface area contributed by atoms with E-state index in [1.54, 1.807) is 0 Å². The molecular formula is C19H35N3. The zero-order valence-corrected chi connectivity index (χ0v) is 14.4. The normalized spacial score (nSPS) is 11.0. The monoisotopic (exact) mass is 305 g/mol. The summed E-state index contributed by atoms with van der Waals surface area (Å²) in [5, 5.41) is 0. The molecule has 1 heterocycles. The zero-order chi connectivity index (χ0) is 16.0. The zero-order valence-electron chi connectivity index (χ0n) is 14.4. The number of hydrogen-bond donors (Lipinski definition) is 2. The van der Waals surface area contributed by atoms with Crippen molar-refractivity contribution >= 4 is 11.6 Å². The van der Waals surface area contributed by atoms with Crippen molar-refractivity contribution in [2.75, 3.05) is 11.5 Å². The Kier molecular flexibility index (Phi) is 10.5. The summed E-state index contributed by atoms with van der Waals surface area (Å²) in [7, 11) is 0. The van der Waals surface area contributed by atoms with Gasteiger partial charge in [0.25, 0.3) is 0 Å². The van der Waals surface area contributed by atoms with Gasteiger partial charge in [-0.3, -0.25) is 0 Å². The van der Waals surface area contributed by atoms with Gasteiger partial charge in [0.1, 0.15) is 11.6 Å². The maximum absolute atomic E-state index is 5.87. The summed E-state index contributed by atoms with van der Waals surface area (Å²) in [5.41, 5.74) is 12.6. The van der Waals surface area contributed by atoms with Gasteiger partial charge in [-0.15, -0.1) is 0 Å². The highest BCUT2D eigenvalue weighted by Gasteiger charge is 2.01. The van der Waals surface area contributed by atoms with Gasteiger partial charge in [-0.25, -0.2) is 4.98 Å². The molecule has 3 heteroatoms. The molecule has 22 heavy (non-hydrogen) atoms. The van der Waals surface area contributed by atoms with E-state index < -0.39 is 0 Å². The van der Waals surface area contributed by atoms with Crippen LogP contribution >= 0.6 is 0 Å². The number of anilines is 2. The van der Waals surface area contributed by atoms with Crippen LogP contribution in [0.25, 0.3) is 0 Å². The van der Waals surface area contributed by atoms with Gasteiger partial charge in [-0.2, -0.15) is 0 Å². The first kappa shape index (κ1) is 18.8. The molecule has 0 bridgehead atoms. The number of nitrogen functional groups attached to an aromatic ring is 2. The highest BCUT2D eigenvalue weighted by Crippen LogP contribution is 2.16. The number of rotatable bonds is 13. The Bertz CT molecular complexity index is 390. The average molecular weight is 306 g/mol. The van der Waals surface area contributed by atoms with Gasteiger partial charge in [-0.05, 0) is 24.5 Å². The van der Waals surface area contributed by atoms with Crippen LogP contribution < -0.4 is 11.5 Å². The molecule has 0 aliphatic heterocycles. The van der Waals surface area contributed by atoms with E-state index in [0.29, 0.717) is 11.6 Å². The smallest absolute Gasteiger partial charge is 0.128 e. The van der Waals surface area contributed by atoms with Gasteiger partial charge in [0, 0.05) is 0 Å². The van der Waals surface area contributed by atoms with Crippen molar-refractivity contribution in [1.82, 2.24) is 4.98 Å². The molecule has 0 aliphatic rings. The van der Waals surface area contributed by atoms with Crippen LogP contribution in [0.4, 0.5) is 11.6 Å². The fraction of sp³-hybridized carbons (Fsp3) is 0.737. The number of unbranched alkanes of at least 4 members (excludes halogenated alkanes) is 11. The predicted octanol–water partition coefficient (Wildman–Crippen LogP) is 5.49. The Morgan fingerprint density at radius 2 is 1.23 bits per heavy atom. The van der Waals surface area contributed by atoms with Crippen molar-refractivity contribution in [3.63, 3.8) is 0 Å². The SMILES string of the molecule is CCCCCCCCCCCCCCc1ccc(N)nc1N. The third-order valence-electron chi connectivity index (χ3n) is 4.33. The van der Waals surface area contributed by atoms with Crippen LogP contribution in [0, 0.1) is 0 Å². The molecule has 3 nitrogen and oxygen atoms in total. The molecule has 0 radical (unpaired) electrons. The van der Waals surface area contributed by atoms with E-state index >= 15 is 0 Å². The molecule has 0 unspecified atom stereocenters. The molecule has 1 aromatic rings. The lowest BCUT2D eigenvalue weighted by molar-refractivity contribution is 0.544. The van der Waals surface area contributed by atoms with Crippen LogP contribution in [0.2, 0.25) is 0 Å². The lowest BCUT2D eigenvalue weighted by atomic mass is 10.0. The van der Waals surface area contributed by atoms with Crippen LogP contribution in [0.1, 0.15) is 89.5 Å². The number of pyridine rings is 1. The quantitative estimate of drug-likeness (QED) is 0.474. The van der Waals surface area contributed by atoms with Crippen LogP contribution in [0.3, 0.4) is 0 Å². The van der Waals surface area contributed by atoms with E-state index in [-0.39, 0.29) is 0 Å². The number of aromatic nitrogens is 1. The maximum atomic E-state index is 5.87. The Labute approximate surface area is 136 Å². The van der Waals surface area contributed by atoms with E-state index in [4.69, 9.17) is 11.5 Å². The molecule has 0 aromatic carbocycles. The summed E-state index contributed by atoms with van der Waals surface area (Å²) in [5.74, 6) is 1.11. The topological polar surface area (TPSA) is 64.9 Å². The Morgan fingerprint density at radius 1 is 0.727 bits per heavy atom. The van der Waals surface area contributed by atoms with E-state index in [9.17, 15) is 0 Å². The third kappa shape index (κ3) is 8.91. The second kappa shape index (κ2) is 12.3. The fourth-order valence-corrected chi connectivity index (χ4v) is 2.89. The second-order valence-electron chi connectivity index (χ2n) is 6.42. The van der Waals surface area contributed by atoms with Gasteiger partial charge < -0.3 is 11.5 Å². The maximum Gasteiger partial charge on any atom is 0.128 e. The van der Waals surface area contributed by atoms with Crippen molar-refractivity contribution in [1.29, 1.82) is 0 Å². The summed E-state index contributed by atoms with van der Waals surface area (Å²) in [4.78, 5) is 4.10. The largest absolute Gasteiger partial charge is 0.384 e. The highest BCUT2D eigenvalue weighted by molar-refractivity contribution is 5.46. The molecule has 0 spiro atoms. The number of hydrogen-bond acceptors (Lipinski definition) is 3. The third-order valence-corrected chi connectivity index (χ3v) is 4.33. The molecule has 4 N–H and O–H groups in total. The van der Waals surface area contributed by atoms with Gasteiger partial charge in [0.15, 0.2) is 0 Å².